The number of nitrogens with one attached hydrogen (secondary N) is 1. The number of fused-ring (bicyclic) bond motifs is 5. The summed E-state index contributed by atoms with van der Waals surface area (Å²) in [7, 11) is 0. The van der Waals surface area contributed by atoms with E-state index < -0.39 is 0 Å². The van der Waals surface area contributed by atoms with Crippen molar-refractivity contribution in [2.24, 2.45) is 28.6 Å². The van der Waals surface area contributed by atoms with Gasteiger partial charge in [0.15, 0.2) is 0 Å². The number of thioether (sulfide) groups is 1. The Hall–Kier alpha value is -0.570. The molecule has 22 heavy (non-hydrogen) atoms. The summed E-state index contributed by atoms with van der Waals surface area (Å²) in [5.41, 5.74) is 2.93. The summed E-state index contributed by atoms with van der Waals surface area (Å²) >= 11 is 2.16. The number of allylic oxidation sites excluding steroid dienone is 2. The first-order valence-corrected chi connectivity index (χ1v) is 9.89. The number of carbonyl (C=O) groups is 1. The first-order valence-electron chi connectivity index (χ1n) is 8.84. The fourth-order valence-electron chi connectivity index (χ4n) is 6.05. The summed E-state index contributed by atoms with van der Waals surface area (Å²) in [5.74, 6) is 2.97. The number of hydrogen-bond acceptors (Lipinski definition) is 3. The van der Waals surface area contributed by atoms with Crippen molar-refractivity contribution in [2.75, 3.05) is 5.75 Å². The van der Waals surface area contributed by atoms with Crippen LogP contribution in [0.15, 0.2) is 11.6 Å². The van der Waals surface area contributed by atoms with Gasteiger partial charge in [0.05, 0.1) is 0 Å². The van der Waals surface area contributed by atoms with Crippen molar-refractivity contribution >= 4 is 23.8 Å². The predicted molar refractivity (Wildman–Crippen MR) is 92.5 cm³/mol. The molecule has 4 rings (SSSR count). The van der Waals surface area contributed by atoms with Crippen LogP contribution in [0.1, 0.15) is 52.4 Å². The lowest BCUT2D eigenvalue weighted by atomic mass is 9.56. The molecule has 1 saturated heterocycles. The van der Waals surface area contributed by atoms with E-state index in [1.807, 2.05) is 0 Å². The fraction of sp³-hybridized carbons (Fsp3) is 0.789. The molecule has 0 amide bonds. The maximum absolute atomic E-state index is 11.5. The van der Waals surface area contributed by atoms with Gasteiger partial charge in [0.2, 0.25) is 0 Å². The van der Waals surface area contributed by atoms with Gasteiger partial charge in [-0.25, -0.2) is 0 Å². The highest BCUT2D eigenvalue weighted by atomic mass is 32.2. The highest BCUT2D eigenvalue weighted by molar-refractivity contribution is 8.00. The third-order valence-electron chi connectivity index (χ3n) is 7.50. The van der Waals surface area contributed by atoms with E-state index in [-0.39, 0.29) is 11.3 Å². The van der Waals surface area contributed by atoms with Crippen molar-refractivity contribution in [3.05, 3.63) is 11.6 Å². The van der Waals surface area contributed by atoms with Crippen LogP contribution < -0.4 is 0 Å². The Kier molecular flexibility index (Phi) is 3.38. The van der Waals surface area contributed by atoms with Crippen LogP contribution in [0, 0.1) is 34.0 Å². The van der Waals surface area contributed by atoms with Crippen molar-refractivity contribution in [1.29, 1.82) is 5.41 Å². The highest BCUT2D eigenvalue weighted by Gasteiger charge is 2.59. The number of rotatable bonds is 1. The molecule has 3 heteroatoms. The Labute approximate surface area is 138 Å². The molecule has 0 radical (unpaired) electrons. The van der Waals surface area contributed by atoms with Crippen LogP contribution in [0.25, 0.3) is 0 Å². The molecule has 3 fully saturated rings. The molecule has 2 nitrogen and oxygen atoms in total. The Morgan fingerprint density at radius 2 is 2.09 bits per heavy atom. The fourth-order valence-corrected chi connectivity index (χ4v) is 8.23. The third-order valence-corrected chi connectivity index (χ3v) is 9.51. The van der Waals surface area contributed by atoms with E-state index in [1.165, 1.54) is 25.5 Å². The molecule has 6 unspecified atom stereocenters. The van der Waals surface area contributed by atoms with Gasteiger partial charge in [-0.05, 0) is 67.6 Å². The second-order valence-electron chi connectivity index (χ2n) is 8.48. The average Bonchev–Trinajstić information content (AvgIpc) is 2.84. The monoisotopic (exact) mass is 317 g/mol. The second-order valence-corrected chi connectivity index (χ2v) is 9.61. The summed E-state index contributed by atoms with van der Waals surface area (Å²) in [4.78, 5) is 11.5. The largest absolute Gasteiger partial charge is 0.305 e. The molecule has 0 aromatic carbocycles. The molecule has 0 aromatic heterocycles. The molecule has 2 saturated carbocycles. The van der Waals surface area contributed by atoms with Gasteiger partial charge in [-0.1, -0.05) is 19.4 Å². The number of aldehydes is 1. The SMILES string of the molecule is CC12CCC(=N)C=C1CCC1C2SCC2(C)C(C=O)CCC12. The van der Waals surface area contributed by atoms with E-state index in [4.69, 9.17) is 5.41 Å². The van der Waals surface area contributed by atoms with Crippen LogP contribution in [0.4, 0.5) is 0 Å². The van der Waals surface area contributed by atoms with Crippen LogP contribution in [-0.2, 0) is 4.79 Å². The zero-order valence-electron chi connectivity index (χ0n) is 13.7. The summed E-state index contributed by atoms with van der Waals surface area (Å²) in [6.07, 6.45) is 10.4. The summed E-state index contributed by atoms with van der Waals surface area (Å²) in [6.45, 7) is 4.85. The first kappa shape index (κ1) is 15.0. The van der Waals surface area contributed by atoms with E-state index in [9.17, 15) is 4.79 Å². The zero-order valence-corrected chi connectivity index (χ0v) is 14.5. The van der Waals surface area contributed by atoms with Crippen LogP contribution in [0.3, 0.4) is 0 Å². The van der Waals surface area contributed by atoms with Crippen molar-refractivity contribution in [3.63, 3.8) is 0 Å². The molecule has 0 spiro atoms. The first-order chi connectivity index (χ1) is 10.5. The van der Waals surface area contributed by atoms with Gasteiger partial charge in [-0.15, -0.1) is 0 Å². The molecular weight excluding hydrogens is 290 g/mol. The average molecular weight is 317 g/mol. The minimum absolute atomic E-state index is 0.243. The molecule has 1 N–H and O–H groups in total. The smallest absolute Gasteiger partial charge is 0.123 e. The lowest BCUT2D eigenvalue weighted by Crippen LogP contribution is -2.53. The Balaban J connectivity index is 1.68. The zero-order chi connectivity index (χ0) is 15.5. The van der Waals surface area contributed by atoms with Gasteiger partial charge in [-0.2, -0.15) is 11.8 Å². The van der Waals surface area contributed by atoms with Gasteiger partial charge in [0.1, 0.15) is 6.29 Å². The highest BCUT2D eigenvalue weighted by Crippen LogP contribution is 2.65. The molecule has 1 aliphatic heterocycles. The maximum atomic E-state index is 11.5. The topological polar surface area (TPSA) is 40.9 Å². The summed E-state index contributed by atoms with van der Waals surface area (Å²) in [6, 6.07) is 0. The molecular formula is C19H27NOS. The molecule has 4 aliphatic rings. The van der Waals surface area contributed by atoms with Crippen LogP contribution in [0.2, 0.25) is 0 Å². The quantitative estimate of drug-likeness (QED) is 0.724. The Bertz CT molecular complexity index is 556. The van der Waals surface area contributed by atoms with E-state index >= 15 is 0 Å². The molecule has 0 bridgehead atoms. The van der Waals surface area contributed by atoms with Gasteiger partial charge < -0.3 is 10.2 Å². The van der Waals surface area contributed by atoms with Crippen molar-refractivity contribution in [3.8, 4) is 0 Å². The van der Waals surface area contributed by atoms with E-state index in [1.54, 1.807) is 5.57 Å². The number of hydrogen-bond donors (Lipinski definition) is 1. The molecule has 3 aliphatic carbocycles. The minimum atomic E-state index is 0.243. The van der Waals surface area contributed by atoms with Gasteiger partial charge >= 0.3 is 0 Å². The number of carbonyl (C=O) groups excluding carboxylic acids is 1. The van der Waals surface area contributed by atoms with Crippen LogP contribution >= 0.6 is 11.8 Å². The molecule has 120 valence electrons. The van der Waals surface area contributed by atoms with Crippen molar-refractivity contribution in [2.45, 2.75) is 57.6 Å². The Morgan fingerprint density at radius 3 is 2.86 bits per heavy atom. The minimum Gasteiger partial charge on any atom is -0.305 e. The van der Waals surface area contributed by atoms with E-state index in [2.05, 4.69) is 31.7 Å². The van der Waals surface area contributed by atoms with Gasteiger partial charge in [0.25, 0.3) is 0 Å². The summed E-state index contributed by atoms with van der Waals surface area (Å²) in [5, 5.41) is 8.72. The molecule has 1 heterocycles. The van der Waals surface area contributed by atoms with E-state index in [0.29, 0.717) is 10.7 Å². The van der Waals surface area contributed by atoms with Gasteiger partial charge in [-0.3, -0.25) is 0 Å². The standard InChI is InChI=1S/C19H27NOS/c1-18-8-7-14(20)9-12(18)3-5-15-16-6-4-13(10-21)19(16,2)11-22-17(15)18/h9-10,13,15-17,20H,3-8,11H2,1-2H3. The Morgan fingerprint density at radius 1 is 1.27 bits per heavy atom. The lowest BCUT2D eigenvalue weighted by Gasteiger charge is -2.57. The maximum Gasteiger partial charge on any atom is 0.123 e. The predicted octanol–water partition coefficient (Wildman–Crippen LogP) is 4.49. The van der Waals surface area contributed by atoms with Crippen LogP contribution in [0.5, 0.6) is 0 Å². The second kappa shape index (κ2) is 4.96. The molecule has 0 aromatic rings. The normalized spacial score (nSPS) is 50.6. The lowest BCUT2D eigenvalue weighted by molar-refractivity contribution is -0.114. The van der Waals surface area contributed by atoms with Gasteiger partial charge in [0, 0.05) is 22.3 Å². The molecule has 6 atom stereocenters. The summed E-state index contributed by atoms with van der Waals surface area (Å²) < 4.78 is 0. The third kappa shape index (κ3) is 1.87. The van der Waals surface area contributed by atoms with Crippen molar-refractivity contribution in [1.82, 2.24) is 0 Å². The van der Waals surface area contributed by atoms with E-state index in [0.717, 1.165) is 42.6 Å². The van der Waals surface area contributed by atoms with Crippen LogP contribution in [-0.4, -0.2) is 23.0 Å². The van der Waals surface area contributed by atoms with Crippen molar-refractivity contribution < 1.29 is 4.79 Å².